The van der Waals surface area contributed by atoms with Gasteiger partial charge in [0.25, 0.3) is 5.91 Å². The van der Waals surface area contributed by atoms with Crippen molar-refractivity contribution in [3.05, 3.63) is 65.2 Å². The molecule has 1 amide bonds. The molecule has 1 aliphatic rings. The first-order chi connectivity index (χ1) is 10.7. The number of carbonyl (C=O) groups excluding carboxylic acids is 1. The zero-order chi connectivity index (χ0) is 15.5. The summed E-state index contributed by atoms with van der Waals surface area (Å²) in [7, 11) is 1.69. The van der Waals surface area contributed by atoms with Gasteiger partial charge >= 0.3 is 0 Å². The van der Waals surface area contributed by atoms with Gasteiger partial charge in [-0.1, -0.05) is 24.3 Å². The number of nitriles is 1. The summed E-state index contributed by atoms with van der Waals surface area (Å²) in [6, 6.07) is 16.7. The average molecular weight is 292 g/mol. The lowest BCUT2D eigenvalue weighted by Gasteiger charge is -2.33. The van der Waals surface area contributed by atoms with Gasteiger partial charge in [0.15, 0.2) is 0 Å². The Morgan fingerprint density at radius 1 is 1.27 bits per heavy atom. The molecule has 0 bridgehead atoms. The maximum Gasteiger partial charge on any atom is 0.258 e. The second-order valence-corrected chi connectivity index (χ2v) is 5.22. The van der Waals surface area contributed by atoms with Crippen LogP contribution in [0.25, 0.3) is 0 Å². The molecule has 3 rings (SSSR count). The third kappa shape index (κ3) is 2.47. The number of amides is 1. The Kier molecular flexibility index (Phi) is 3.90. The van der Waals surface area contributed by atoms with Crippen LogP contribution in [0.4, 0.5) is 5.69 Å². The Bertz CT molecular complexity index is 749. The van der Waals surface area contributed by atoms with Crippen molar-refractivity contribution < 1.29 is 9.53 Å². The smallest absolute Gasteiger partial charge is 0.258 e. The Hall–Kier alpha value is -2.64. The fourth-order valence-electron chi connectivity index (χ4n) is 2.86. The van der Waals surface area contributed by atoms with Gasteiger partial charge < -0.3 is 9.64 Å². The molecule has 0 saturated carbocycles. The van der Waals surface area contributed by atoms with Crippen molar-refractivity contribution in [1.29, 1.82) is 5.26 Å². The quantitative estimate of drug-likeness (QED) is 0.853. The number of nitrogens with zero attached hydrogens (tertiary/aromatic N) is 2. The third-order valence-electron chi connectivity index (χ3n) is 3.96. The molecule has 0 fully saturated rings. The van der Waals surface area contributed by atoms with E-state index in [-0.39, 0.29) is 12.0 Å². The molecular weight excluding hydrogens is 276 g/mol. The first-order valence-corrected chi connectivity index (χ1v) is 7.18. The summed E-state index contributed by atoms with van der Waals surface area (Å²) in [5.74, 6) is -0.0842. The Morgan fingerprint density at radius 3 is 2.86 bits per heavy atom. The minimum Gasteiger partial charge on any atom is -0.377 e. The van der Waals surface area contributed by atoms with Crippen LogP contribution >= 0.6 is 0 Å². The van der Waals surface area contributed by atoms with Crippen LogP contribution in [0, 0.1) is 11.3 Å². The second-order valence-electron chi connectivity index (χ2n) is 5.22. The Morgan fingerprint density at radius 2 is 2.09 bits per heavy atom. The van der Waals surface area contributed by atoms with Gasteiger partial charge in [-0.15, -0.1) is 0 Å². The molecule has 1 heterocycles. The van der Waals surface area contributed by atoms with Crippen LogP contribution < -0.4 is 4.90 Å². The fraction of sp³-hybridized carbons (Fsp3) is 0.222. The predicted molar refractivity (Wildman–Crippen MR) is 83.6 cm³/mol. The normalized spacial score (nSPS) is 16.7. The van der Waals surface area contributed by atoms with Gasteiger partial charge in [-0.25, -0.2) is 0 Å². The first kappa shape index (κ1) is 14.3. The standard InChI is InChI=1S/C18H16N2O2/c1-22-17-9-10-20(16-8-3-2-7-15(16)17)18(21)14-6-4-5-13(11-14)12-19/h2-8,11,17H,9-10H2,1H3. The van der Waals surface area contributed by atoms with Crippen molar-refractivity contribution in [3.8, 4) is 6.07 Å². The van der Waals surface area contributed by atoms with Gasteiger partial charge in [-0.3, -0.25) is 4.79 Å². The summed E-state index contributed by atoms with van der Waals surface area (Å²) in [6.45, 7) is 0.602. The van der Waals surface area contributed by atoms with Gasteiger partial charge in [0.05, 0.1) is 17.7 Å². The molecule has 2 aromatic carbocycles. The number of methoxy groups -OCH3 is 1. The Balaban J connectivity index is 1.98. The summed E-state index contributed by atoms with van der Waals surface area (Å²) in [5, 5.41) is 8.99. The zero-order valence-corrected chi connectivity index (χ0v) is 12.3. The van der Waals surface area contributed by atoms with Crippen molar-refractivity contribution in [1.82, 2.24) is 0 Å². The summed E-state index contributed by atoms with van der Waals surface area (Å²) in [5.41, 5.74) is 2.93. The van der Waals surface area contributed by atoms with E-state index in [1.807, 2.05) is 24.3 Å². The lowest BCUT2D eigenvalue weighted by Crippen LogP contribution is -2.37. The SMILES string of the molecule is COC1CCN(C(=O)c2cccc(C#N)c2)c2ccccc21. The van der Waals surface area contributed by atoms with Crippen molar-refractivity contribution in [3.63, 3.8) is 0 Å². The molecule has 22 heavy (non-hydrogen) atoms. The monoisotopic (exact) mass is 292 g/mol. The maximum atomic E-state index is 12.8. The minimum absolute atomic E-state index is 0.0192. The van der Waals surface area contributed by atoms with Crippen LogP contribution in [0.1, 0.15) is 34.0 Å². The van der Waals surface area contributed by atoms with Gasteiger partial charge in [0.2, 0.25) is 0 Å². The Labute approximate surface area is 129 Å². The molecule has 0 aromatic heterocycles. The topological polar surface area (TPSA) is 53.3 Å². The average Bonchev–Trinajstić information content (AvgIpc) is 2.60. The highest BCUT2D eigenvalue weighted by Gasteiger charge is 2.28. The van der Waals surface area contributed by atoms with Crippen molar-refractivity contribution in [2.45, 2.75) is 12.5 Å². The van der Waals surface area contributed by atoms with E-state index in [4.69, 9.17) is 10.00 Å². The van der Waals surface area contributed by atoms with Gasteiger partial charge in [-0.05, 0) is 30.7 Å². The van der Waals surface area contributed by atoms with E-state index in [0.29, 0.717) is 17.7 Å². The van der Waals surface area contributed by atoms with E-state index < -0.39 is 0 Å². The van der Waals surface area contributed by atoms with Crippen LogP contribution in [0.3, 0.4) is 0 Å². The molecule has 4 nitrogen and oxygen atoms in total. The van der Waals surface area contributed by atoms with E-state index in [9.17, 15) is 4.79 Å². The van der Waals surface area contributed by atoms with Crippen molar-refractivity contribution in [2.75, 3.05) is 18.6 Å². The number of hydrogen-bond acceptors (Lipinski definition) is 3. The molecular formula is C18H16N2O2. The summed E-state index contributed by atoms with van der Waals surface area (Å²) in [6.07, 6.45) is 0.780. The predicted octanol–water partition coefficient (Wildman–Crippen LogP) is 3.30. The molecule has 0 saturated heterocycles. The van der Waals surface area contributed by atoms with Gasteiger partial charge in [-0.2, -0.15) is 5.26 Å². The lowest BCUT2D eigenvalue weighted by molar-refractivity contribution is 0.0868. The first-order valence-electron chi connectivity index (χ1n) is 7.18. The minimum atomic E-state index is -0.0842. The van der Waals surface area contributed by atoms with Crippen molar-refractivity contribution in [2.24, 2.45) is 0 Å². The molecule has 0 aliphatic carbocycles. The number of rotatable bonds is 2. The van der Waals surface area contributed by atoms with Crippen LogP contribution in [0.15, 0.2) is 48.5 Å². The lowest BCUT2D eigenvalue weighted by atomic mass is 9.97. The molecule has 0 spiro atoms. The molecule has 110 valence electrons. The van der Waals surface area contributed by atoms with Crippen LogP contribution in [-0.4, -0.2) is 19.6 Å². The van der Waals surface area contributed by atoms with E-state index >= 15 is 0 Å². The largest absolute Gasteiger partial charge is 0.377 e. The highest BCUT2D eigenvalue weighted by atomic mass is 16.5. The van der Waals surface area contributed by atoms with E-state index in [1.54, 1.807) is 36.3 Å². The summed E-state index contributed by atoms with van der Waals surface area (Å²) in [4.78, 5) is 14.6. The zero-order valence-electron chi connectivity index (χ0n) is 12.3. The highest BCUT2D eigenvalue weighted by molar-refractivity contribution is 6.07. The molecule has 1 atom stereocenters. The van der Waals surface area contributed by atoms with Gasteiger partial charge in [0, 0.05) is 30.5 Å². The maximum absolute atomic E-state index is 12.8. The number of benzene rings is 2. The molecule has 0 radical (unpaired) electrons. The molecule has 1 aliphatic heterocycles. The van der Waals surface area contributed by atoms with E-state index in [0.717, 1.165) is 17.7 Å². The van der Waals surface area contributed by atoms with Gasteiger partial charge in [0.1, 0.15) is 0 Å². The van der Waals surface area contributed by atoms with Crippen molar-refractivity contribution >= 4 is 11.6 Å². The number of fused-ring (bicyclic) bond motifs is 1. The van der Waals surface area contributed by atoms with E-state index in [1.165, 1.54) is 0 Å². The molecule has 1 unspecified atom stereocenters. The van der Waals surface area contributed by atoms with Crippen LogP contribution in [0.5, 0.6) is 0 Å². The third-order valence-corrected chi connectivity index (χ3v) is 3.96. The number of para-hydroxylation sites is 1. The summed E-state index contributed by atoms with van der Waals surface area (Å²) >= 11 is 0. The fourth-order valence-corrected chi connectivity index (χ4v) is 2.86. The second kappa shape index (κ2) is 6.00. The number of anilines is 1. The van der Waals surface area contributed by atoms with Crippen LogP contribution in [0.2, 0.25) is 0 Å². The number of hydrogen-bond donors (Lipinski definition) is 0. The van der Waals surface area contributed by atoms with E-state index in [2.05, 4.69) is 6.07 Å². The number of ether oxygens (including phenoxy) is 1. The molecule has 4 heteroatoms. The highest BCUT2D eigenvalue weighted by Crippen LogP contribution is 2.36. The molecule has 2 aromatic rings. The summed E-state index contributed by atoms with van der Waals surface area (Å²) < 4.78 is 5.51. The van der Waals surface area contributed by atoms with Crippen LogP contribution in [-0.2, 0) is 4.74 Å². The number of carbonyl (C=O) groups is 1. The molecule has 0 N–H and O–H groups in total.